The molecule has 3 heteroatoms. The molecule has 2 nitrogen and oxygen atoms in total. The minimum absolute atomic E-state index is 0. The van der Waals surface area contributed by atoms with Crippen molar-refractivity contribution in [3.05, 3.63) is 12.2 Å². The summed E-state index contributed by atoms with van der Waals surface area (Å²) in [5.41, 5.74) is 0. The van der Waals surface area contributed by atoms with E-state index < -0.39 is 0 Å². The van der Waals surface area contributed by atoms with Gasteiger partial charge in [-0.3, -0.25) is 0 Å². The van der Waals surface area contributed by atoms with Gasteiger partial charge < -0.3 is 10.1 Å². The van der Waals surface area contributed by atoms with E-state index in [1.165, 1.54) is 6.42 Å². The summed E-state index contributed by atoms with van der Waals surface area (Å²) in [7, 11) is 0. The van der Waals surface area contributed by atoms with Crippen molar-refractivity contribution < 1.29 is 4.74 Å². The second kappa shape index (κ2) is 4.10. The molecule has 0 radical (unpaired) electrons. The number of hydrogen-bond donors (Lipinski definition) is 1. The zero-order valence-corrected chi connectivity index (χ0v) is 7.27. The number of hydrogen-bond acceptors (Lipinski definition) is 2. The van der Waals surface area contributed by atoms with E-state index in [2.05, 4.69) is 17.5 Å². The first kappa shape index (κ1) is 9.04. The average molecular weight is 176 g/mol. The van der Waals surface area contributed by atoms with Gasteiger partial charge in [-0.15, -0.1) is 12.4 Å². The van der Waals surface area contributed by atoms with Gasteiger partial charge >= 0.3 is 0 Å². The Labute approximate surface area is 73.4 Å². The van der Waals surface area contributed by atoms with E-state index >= 15 is 0 Å². The van der Waals surface area contributed by atoms with Crippen LogP contribution in [0.3, 0.4) is 0 Å². The lowest BCUT2D eigenvalue weighted by atomic mass is 10.0. The third kappa shape index (κ3) is 1.95. The van der Waals surface area contributed by atoms with E-state index in [1.54, 1.807) is 0 Å². The molecule has 0 aromatic heterocycles. The molecule has 0 bridgehead atoms. The van der Waals surface area contributed by atoms with E-state index in [1.807, 2.05) is 0 Å². The van der Waals surface area contributed by atoms with Crippen molar-refractivity contribution in [3.8, 4) is 0 Å². The highest BCUT2D eigenvalue weighted by Crippen LogP contribution is 2.19. The minimum Gasteiger partial charge on any atom is -0.372 e. The Kier molecular flexibility index (Phi) is 3.37. The lowest BCUT2D eigenvalue weighted by Crippen LogP contribution is -2.20. The second-order valence-corrected chi connectivity index (χ2v) is 3.00. The number of fused-ring (bicyclic) bond motifs is 1. The van der Waals surface area contributed by atoms with Crippen molar-refractivity contribution in [2.45, 2.75) is 12.5 Å². The van der Waals surface area contributed by atoms with Crippen LogP contribution in [0.1, 0.15) is 6.42 Å². The van der Waals surface area contributed by atoms with E-state index in [-0.39, 0.29) is 12.4 Å². The maximum absolute atomic E-state index is 5.58. The van der Waals surface area contributed by atoms with Crippen LogP contribution in [0.2, 0.25) is 0 Å². The molecule has 2 heterocycles. The molecule has 64 valence electrons. The summed E-state index contributed by atoms with van der Waals surface area (Å²) in [4.78, 5) is 0. The van der Waals surface area contributed by atoms with Crippen LogP contribution in [0.25, 0.3) is 0 Å². The van der Waals surface area contributed by atoms with Crippen LogP contribution in [0, 0.1) is 5.92 Å². The molecule has 2 aliphatic rings. The quantitative estimate of drug-likeness (QED) is 0.554. The number of allylic oxidation sites excluding steroid dienone is 1. The van der Waals surface area contributed by atoms with Gasteiger partial charge in [0.2, 0.25) is 0 Å². The number of rotatable bonds is 0. The minimum atomic E-state index is 0. The fraction of sp³-hybridized carbons (Fsp3) is 0.750. The van der Waals surface area contributed by atoms with Gasteiger partial charge in [0, 0.05) is 19.0 Å². The SMILES string of the molecule is C1=CC[C@H]2CNC[C@@H]2OC1.Cl. The molecule has 11 heavy (non-hydrogen) atoms. The van der Waals surface area contributed by atoms with Gasteiger partial charge in [0.15, 0.2) is 0 Å². The maximum Gasteiger partial charge on any atom is 0.0746 e. The molecule has 1 saturated heterocycles. The molecule has 0 aromatic rings. The largest absolute Gasteiger partial charge is 0.372 e. The molecule has 0 saturated carbocycles. The smallest absolute Gasteiger partial charge is 0.0746 e. The van der Waals surface area contributed by atoms with Crippen LogP contribution in [0.15, 0.2) is 12.2 Å². The fourth-order valence-corrected chi connectivity index (χ4v) is 1.66. The molecule has 2 rings (SSSR count). The lowest BCUT2D eigenvalue weighted by molar-refractivity contribution is 0.0630. The van der Waals surface area contributed by atoms with Crippen LogP contribution >= 0.6 is 12.4 Å². The topological polar surface area (TPSA) is 21.3 Å². The molecule has 0 aromatic carbocycles. The highest BCUT2D eigenvalue weighted by Gasteiger charge is 2.27. The van der Waals surface area contributed by atoms with Crippen LogP contribution < -0.4 is 5.32 Å². The highest BCUT2D eigenvalue weighted by atomic mass is 35.5. The van der Waals surface area contributed by atoms with Crippen LogP contribution in [-0.4, -0.2) is 25.8 Å². The molecule has 1 fully saturated rings. The molecule has 0 amide bonds. The molecular formula is C8H14ClNO. The fourth-order valence-electron chi connectivity index (χ4n) is 1.66. The lowest BCUT2D eigenvalue weighted by Gasteiger charge is -2.13. The zero-order chi connectivity index (χ0) is 6.81. The summed E-state index contributed by atoms with van der Waals surface area (Å²) in [5.74, 6) is 0.735. The van der Waals surface area contributed by atoms with Crippen molar-refractivity contribution in [1.82, 2.24) is 5.32 Å². The molecule has 0 spiro atoms. The van der Waals surface area contributed by atoms with E-state index in [0.29, 0.717) is 6.10 Å². The third-order valence-corrected chi connectivity index (χ3v) is 2.29. The van der Waals surface area contributed by atoms with E-state index in [0.717, 1.165) is 25.6 Å². The van der Waals surface area contributed by atoms with Gasteiger partial charge in [-0.2, -0.15) is 0 Å². The summed E-state index contributed by atoms with van der Waals surface area (Å²) in [6, 6.07) is 0. The van der Waals surface area contributed by atoms with Crippen molar-refractivity contribution in [1.29, 1.82) is 0 Å². The Balaban J connectivity index is 0.000000605. The molecule has 0 aliphatic carbocycles. The summed E-state index contributed by atoms with van der Waals surface area (Å²) in [5, 5.41) is 3.33. The number of halogens is 1. The summed E-state index contributed by atoms with van der Waals surface area (Å²) in [6.45, 7) is 2.99. The van der Waals surface area contributed by atoms with Gasteiger partial charge in [0.25, 0.3) is 0 Å². The van der Waals surface area contributed by atoms with E-state index in [9.17, 15) is 0 Å². The first-order chi connectivity index (χ1) is 4.97. The normalized spacial score (nSPS) is 35.6. The van der Waals surface area contributed by atoms with Crippen molar-refractivity contribution in [3.63, 3.8) is 0 Å². The first-order valence-electron chi connectivity index (χ1n) is 3.94. The Hall–Kier alpha value is -0.0500. The van der Waals surface area contributed by atoms with Crippen molar-refractivity contribution >= 4 is 12.4 Å². The van der Waals surface area contributed by atoms with Crippen molar-refractivity contribution in [2.75, 3.05) is 19.7 Å². The van der Waals surface area contributed by atoms with Crippen LogP contribution in [-0.2, 0) is 4.74 Å². The predicted molar refractivity (Wildman–Crippen MR) is 47.1 cm³/mol. The number of ether oxygens (including phenoxy) is 1. The third-order valence-electron chi connectivity index (χ3n) is 2.29. The summed E-state index contributed by atoms with van der Waals surface area (Å²) < 4.78 is 5.58. The Morgan fingerprint density at radius 1 is 1.27 bits per heavy atom. The Bertz CT molecular complexity index is 149. The maximum atomic E-state index is 5.58. The predicted octanol–water partition coefficient (Wildman–Crippen LogP) is 0.973. The average Bonchev–Trinajstić information content (AvgIpc) is 2.28. The highest BCUT2D eigenvalue weighted by molar-refractivity contribution is 5.85. The van der Waals surface area contributed by atoms with Crippen LogP contribution in [0.4, 0.5) is 0 Å². The van der Waals surface area contributed by atoms with Gasteiger partial charge in [-0.25, -0.2) is 0 Å². The molecule has 1 N–H and O–H groups in total. The zero-order valence-electron chi connectivity index (χ0n) is 6.45. The van der Waals surface area contributed by atoms with Gasteiger partial charge in [-0.1, -0.05) is 12.2 Å². The van der Waals surface area contributed by atoms with Crippen molar-refractivity contribution in [2.24, 2.45) is 5.92 Å². The Morgan fingerprint density at radius 2 is 2.18 bits per heavy atom. The Morgan fingerprint density at radius 3 is 3.09 bits per heavy atom. The van der Waals surface area contributed by atoms with Gasteiger partial charge in [0.05, 0.1) is 12.7 Å². The van der Waals surface area contributed by atoms with Gasteiger partial charge in [-0.05, 0) is 6.42 Å². The standard InChI is InChI=1S/C8H13NO.ClH/c1-2-4-10-8-6-9-5-7(8)3-1;/h1-2,7-9H,3-6H2;1H/t7-,8-;/m0./s1. The molecule has 2 atom stereocenters. The van der Waals surface area contributed by atoms with Gasteiger partial charge in [0.1, 0.15) is 0 Å². The molecule has 0 unspecified atom stereocenters. The van der Waals surface area contributed by atoms with E-state index in [4.69, 9.17) is 4.74 Å². The first-order valence-corrected chi connectivity index (χ1v) is 3.94. The summed E-state index contributed by atoms with van der Waals surface area (Å²) in [6.07, 6.45) is 6.03. The second-order valence-electron chi connectivity index (χ2n) is 3.00. The molecule has 2 aliphatic heterocycles. The monoisotopic (exact) mass is 175 g/mol. The molecular weight excluding hydrogens is 162 g/mol. The number of nitrogens with one attached hydrogen (secondary N) is 1. The van der Waals surface area contributed by atoms with Crippen LogP contribution in [0.5, 0.6) is 0 Å². The summed E-state index contributed by atoms with van der Waals surface area (Å²) >= 11 is 0.